The van der Waals surface area contributed by atoms with Gasteiger partial charge < -0.3 is 15.3 Å². The molecule has 76 valence electrons. The first-order valence-electron chi connectivity index (χ1n) is 4.25. The maximum Gasteiger partial charge on any atom is 0.353 e. The molecule has 0 aliphatic heterocycles. The van der Waals surface area contributed by atoms with E-state index in [0.29, 0.717) is 16.5 Å². The van der Waals surface area contributed by atoms with Gasteiger partial charge in [0.25, 0.3) is 0 Å². The van der Waals surface area contributed by atoms with Crippen LogP contribution in [0.1, 0.15) is 16.1 Å². The van der Waals surface area contributed by atoms with E-state index >= 15 is 0 Å². The first-order valence-corrected chi connectivity index (χ1v) is 4.25. The lowest BCUT2D eigenvalue weighted by Gasteiger charge is -1.91. The summed E-state index contributed by atoms with van der Waals surface area (Å²) >= 11 is 0. The van der Waals surface area contributed by atoms with Gasteiger partial charge in [0.1, 0.15) is 5.69 Å². The number of carbonyl (C=O) groups is 1. The van der Waals surface area contributed by atoms with Crippen molar-refractivity contribution in [1.29, 1.82) is 0 Å². The number of hydrogen-bond acceptors (Lipinski definition) is 3. The van der Waals surface area contributed by atoms with Crippen LogP contribution < -0.4 is 0 Å². The molecule has 0 radical (unpaired) electrons. The van der Waals surface area contributed by atoms with Gasteiger partial charge in [-0.3, -0.25) is 0 Å². The SMILES string of the molecule is O=C(O)c1[nH]c2ccccc2c1C=NO. The Morgan fingerprint density at radius 2 is 2.13 bits per heavy atom. The van der Waals surface area contributed by atoms with E-state index in [1.165, 1.54) is 0 Å². The van der Waals surface area contributed by atoms with E-state index in [9.17, 15) is 4.79 Å². The van der Waals surface area contributed by atoms with Crippen molar-refractivity contribution in [2.24, 2.45) is 5.16 Å². The van der Waals surface area contributed by atoms with Crippen molar-refractivity contribution in [3.63, 3.8) is 0 Å². The Morgan fingerprint density at radius 1 is 1.40 bits per heavy atom. The van der Waals surface area contributed by atoms with Gasteiger partial charge in [-0.2, -0.15) is 0 Å². The van der Waals surface area contributed by atoms with E-state index in [1.807, 2.05) is 0 Å². The smallest absolute Gasteiger partial charge is 0.353 e. The van der Waals surface area contributed by atoms with Crippen LogP contribution in [0, 0.1) is 0 Å². The molecule has 0 unspecified atom stereocenters. The third-order valence-electron chi connectivity index (χ3n) is 2.15. The molecule has 0 saturated heterocycles. The average Bonchev–Trinajstić information content (AvgIpc) is 2.58. The van der Waals surface area contributed by atoms with E-state index in [-0.39, 0.29) is 5.69 Å². The molecule has 0 atom stereocenters. The van der Waals surface area contributed by atoms with Crippen molar-refractivity contribution in [3.8, 4) is 0 Å². The zero-order valence-electron chi connectivity index (χ0n) is 7.64. The van der Waals surface area contributed by atoms with Crippen LogP contribution in [0.4, 0.5) is 0 Å². The minimum atomic E-state index is -1.08. The second-order valence-electron chi connectivity index (χ2n) is 3.01. The van der Waals surface area contributed by atoms with Crippen LogP contribution in [-0.2, 0) is 0 Å². The van der Waals surface area contributed by atoms with Gasteiger partial charge in [0.05, 0.1) is 6.21 Å². The van der Waals surface area contributed by atoms with Crippen LogP contribution in [0.3, 0.4) is 0 Å². The van der Waals surface area contributed by atoms with E-state index < -0.39 is 5.97 Å². The van der Waals surface area contributed by atoms with Crippen molar-refractivity contribution < 1.29 is 15.1 Å². The number of H-pyrrole nitrogens is 1. The number of rotatable bonds is 2. The van der Waals surface area contributed by atoms with Gasteiger partial charge >= 0.3 is 5.97 Å². The molecule has 0 bridgehead atoms. The van der Waals surface area contributed by atoms with Gasteiger partial charge in [-0.15, -0.1) is 0 Å². The van der Waals surface area contributed by atoms with Crippen molar-refractivity contribution in [2.75, 3.05) is 0 Å². The molecule has 3 N–H and O–H groups in total. The van der Waals surface area contributed by atoms with Gasteiger partial charge in [0.15, 0.2) is 0 Å². The first-order chi connectivity index (χ1) is 7.24. The van der Waals surface area contributed by atoms with Gasteiger partial charge in [-0.1, -0.05) is 23.4 Å². The number of benzene rings is 1. The standard InChI is InChI=1S/C10H8N2O3/c13-10(14)9-7(5-11-15)6-3-1-2-4-8(6)12-9/h1-5,12,15H,(H,13,14). The number of aromatic amines is 1. The van der Waals surface area contributed by atoms with E-state index in [2.05, 4.69) is 10.1 Å². The van der Waals surface area contributed by atoms with E-state index in [0.717, 1.165) is 6.21 Å². The van der Waals surface area contributed by atoms with Gasteiger partial charge in [-0.25, -0.2) is 4.79 Å². The molecule has 0 amide bonds. The molecule has 5 nitrogen and oxygen atoms in total. The van der Waals surface area contributed by atoms with Crippen LogP contribution in [0.25, 0.3) is 10.9 Å². The number of aromatic carboxylic acids is 1. The number of nitrogens with one attached hydrogen (secondary N) is 1. The predicted molar refractivity (Wildman–Crippen MR) is 54.6 cm³/mol. The summed E-state index contributed by atoms with van der Waals surface area (Å²) in [4.78, 5) is 13.6. The van der Waals surface area contributed by atoms with Crippen LogP contribution in [0.15, 0.2) is 29.4 Å². The second-order valence-corrected chi connectivity index (χ2v) is 3.01. The molecular weight excluding hydrogens is 196 g/mol. The summed E-state index contributed by atoms with van der Waals surface area (Å²) in [6.07, 6.45) is 1.11. The Morgan fingerprint density at radius 3 is 2.80 bits per heavy atom. The molecule has 2 aromatic rings. The molecule has 2 rings (SSSR count). The fraction of sp³-hybridized carbons (Fsp3) is 0. The summed E-state index contributed by atoms with van der Waals surface area (Å²) in [6.45, 7) is 0. The molecule has 0 fully saturated rings. The number of oxime groups is 1. The summed E-state index contributed by atoms with van der Waals surface area (Å²) in [7, 11) is 0. The molecule has 0 aliphatic rings. The Kier molecular flexibility index (Phi) is 2.13. The van der Waals surface area contributed by atoms with Crippen molar-refractivity contribution in [3.05, 3.63) is 35.5 Å². The first kappa shape index (κ1) is 9.26. The molecular formula is C10H8N2O3. The quantitative estimate of drug-likeness (QED) is 0.395. The highest BCUT2D eigenvalue weighted by Crippen LogP contribution is 2.20. The summed E-state index contributed by atoms with van der Waals surface area (Å²) in [6, 6.07) is 7.10. The minimum absolute atomic E-state index is 0.0222. The van der Waals surface area contributed by atoms with Crippen molar-refractivity contribution >= 4 is 23.1 Å². The number of fused-ring (bicyclic) bond motifs is 1. The fourth-order valence-electron chi connectivity index (χ4n) is 1.52. The average molecular weight is 204 g/mol. The highest BCUT2D eigenvalue weighted by Gasteiger charge is 2.14. The zero-order valence-corrected chi connectivity index (χ0v) is 7.64. The normalized spacial score (nSPS) is 11.2. The number of para-hydroxylation sites is 1. The summed E-state index contributed by atoms with van der Waals surface area (Å²) in [5.74, 6) is -1.08. The Hall–Kier alpha value is -2.30. The predicted octanol–water partition coefficient (Wildman–Crippen LogP) is 1.67. The second kappa shape index (κ2) is 3.45. The third kappa shape index (κ3) is 1.43. The maximum absolute atomic E-state index is 10.9. The lowest BCUT2D eigenvalue weighted by atomic mass is 10.1. The Balaban J connectivity index is 2.80. The molecule has 0 saturated carbocycles. The molecule has 1 aromatic carbocycles. The monoisotopic (exact) mass is 204 g/mol. The molecule has 0 aliphatic carbocycles. The number of carboxylic acids is 1. The van der Waals surface area contributed by atoms with Gasteiger partial charge in [-0.05, 0) is 6.07 Å². The molecule has 0 spiro atoms. The highest BCUT2D eigenvalue weighted by molar-refractivity contribution is 6.08. The summed E-state index contributed by atoms with van der Waals surface area (Å²) in [5, 5.41) is 21.0. The number of nitrogens with zero attached hydrogens (tertiary/aromatic N) is 1. The minimum Gasteiger partial charge on any atom is -0.477 e. The number of aromatic nitrogens is 1. The highest BCUT2D eigenvalue weighted by atomic mass is 16.4. The third-order valence-corrected chi connectivity index (χ3v) is 2.15. The lowest BCUT2D eigenvalue weighted by molar-refractivity contribution is 0.0691. The molecule has 5 heteroatoms. The van der Waals surface area contributed by atoms with Crippen molar-refractivity contribution in [2.45, 2.75) is 0 Å². The van der Waals surface area contributed by atoms with Crippen LogP contribution in [0.2, 0.25) is 0 Å². The van der Waals surface area contributed by atoms with E-state index in [4.69, 9.17) is 10.3 Å². The maximum atomic E-state index is 10.9. The topological polar surface area (TPSA) is 85.7 Å². The van der Waals surface area contributed by atoms with E-state index in [1.54, 1.807) is 24.3 Å². The zero-order chi connectivity index (χ0) is 10.8. The summed E-state index contributed by atoms with van der Waals surface area (Å²) in [5.41, 5.74) is 1.10. The van der Waals surface area contributed by atoms with Crippen LogP contribution in [0.5, 0.6) is 0 Å². The van der Waals surface area contributed by atoms with Crippen LogP contribution >= 0.6 is 0 Å². The molecule has 1 aromatic heterocycles. The molecule has 15 heavy (non-hydrogen) atoms. The van der Waals surface area contributed by atoms with Crippen LogP contribution in [-0.4, -0.2) is 27.5 Å². The van der Waals surface area contributed by atoms with Gasteiger partial charge in [0.2, 0.25) is 0 Å². The Bertz CT molecular complexity index is 543. The van der Waals surface area contributed by atoms with Gasteiger partial charge in [0, 0.05) is 16.5 Å². The fourth-order valence-corrected chi connectivity index (χ4v) is 1.52. The number of hydrogen-bond donors (Lipinski definition) is 3. The summed E-state index contributed by atoms with van der Waals surface area (Å²) < 4.78 is 0. The van der Waals surface area contributed by atoms with Crippen molar-refractivity contribution in [1.82, 2.24) is 4.98 Å². The lowest BCUT2D eigenvalue weighted by Crippen LogP contribution is -2.00. The number of carboxylic acid groups (broad SMARTS) is 1. The Labute approximate surface area is 84.7 Å². The largest absolute Gasteiger partial charge is 0.477 e. The molecule has 1 heterocycles.